The summed E-state index contributed by atoms with van der Waals surface area (Å²) in [5.41, 5.74) is -0.104. The topological polar surface area (TPSA) is 66.8 Å². The van der Waals surface area contributed by atoms with E-state index < -0.39 is 23.3 Å². The fourth-order valence-electron chi connectivity index (χ4n) is 6.40. The second kappa shape index (κ2) is 5.31. The van der Waals surface area contributed by atoms with Crippen molar-refractivity contribution in [1.29, 1.82) is 0 Å². The van der Waals surface area contributed by atoms with Gasteiger partial charge in [0, 0.05) is 11.3 Å². The number of aliphatic hydroxyl groups excluding tert-OH is 1. The molecule has 4 heteroatoms. The lowest BCUT2D eigenvalue weighted by Crippen LogP contribution is -2.63. The van der Waals surface area contributed by atoms with Gasteiger partial charge in [0.15, 0.2) is 0 Å². The van der Waals surface area contributed by atoms with Crippen LogP contribution in [-0.2, 0) is 9.53 Å². The van der Waals surface area contributed by atoms with Gasteiger partial charge in [-0.25, -0.2) is 0 Å². The van der Waals surface area contributed by atoms with Gasteiger partial charge in [0.1, 0.15) is 0 Å². The summed E-state index contributed by atoms with van der Waals surface area (Å²) >= 11 is 0. The van der Waals surface area contributed by atoms with Crippen LogP contribution >= 0.6 is 0 Å². The average Bonchev–Trinajstić information content (AvgIpc) is 2.74. The maximum absolute atomic E-state index is 11.3. The number of carboxylic acid groups (broad SMARTS) is 1. The molecule has 1 saturated heterocycles. The van der Waals surface area contributed by atoms with Gasteiger partial charge in [-0.05, 0) is 50.5 Å². The number of aliphatic carboxylic acids is 1. The molecule has 1 saturated carbocycles. The molecule has 2 N–H and O–H groups in total. The molecule has 0 unspecified atom stereocenters. The maximum atomic E-state index is 11.3. The Balaban J connectivity index is 2.07. The first-order chi connectivity index (χ1) is 11.0. The second-order valence-electron chi connectivity index (χ2n) is 9.53. The predicted molar refractivity (Wildman–Crippen MR) is 92.7 cm³/mol. The molecule has 5 atom stereocenters. The lowest BCUT2D eigenvalue weighted by Gasteiger charge is -2.62. The van der Waals surface area contributed by atoms with Gasteiger partial charge >= 0.3 is 5.97 Å². The molecule has 2 aliphatic carbocycles. The van der Waals surface area contributed by atoms with Gasteiger partial charge in [0.05, 0.1) is 23.7 Å². The Morgan fingerprint density at radius 1 is 1.21 bits per heavy atom. The first kappa shape index (κ1) is 17.9. The van der Waals surface area contributed by atoms with E-state index in [1.807, 2.05) is 13.0 Å². The van der Waals surface area contributed by atoms with Crippen LogP contribution in [0.2, 0.25) is 0 Å². The predicted octanol–water partition coefficient (Wildman–Crippen LogP) is 3.92. The average molecular weight is 336 g/mol. The van der Waals surface area contributed by atoms with Crippen molar-refractivity contribution in [2.75, 3.05) is 0 Å². The fraction of sp³-hybridized carbons (Fsp3) is 0.850. The Morgan fingerprint density at radius 2 is 1.88 bits per heavy atom. The van der Waals surface area contributed by atoms with Crippen LogP contribution in [0.15, 0.2) is 11.6 Å². The van der Waals surface area contributed by atoms with Crippen LogP contribution in [0, 0.1) is 16.7 Å². The minimum absolute atomic E-state index is 0.0364. The Bertz CT molecular complexity index is 580. The number of carbonyl (C=O) groups is 1. The first-order valence-electron chi connectivity index (χ1n) is 9.25. The standard InChI is InChI=1S/C20H32O4/c1-13-11-14(21)16-17(2,3)7-6-8-19(16,5)20(13)10-9-18(4,24-20)12-15(22)23/h11,14,16,21H,6-10,12H2,1-5H3,(H,22,23)/t14-,16+,18+,19+,20-/m1/s1. The van der Waals surface area contributed by atoms with Gasteiger partial charge < -0.3 is 14.9 Å². The normalized spacial score (nSPS) is 47.3. The van der Waals surface area contributed by atoms with Gasteiger partial charge in [-0.2, -0.15) is 0 Å². The first-order valence-corrected chi connectivity index (χ1v) is 9.25. The van der Waals surface area contributed by atoms with Crippen LogP contribution in [0.3, 0.4) is 0 Å². The van der Waals surface area contributed by atoms with E-state index in [9.17, 15) is 15.0 Å². The van der Waals surface area contributed by atoms with E-state index in [4.69, 9.17) is 4.74 Å². The van der Waals surface area contributed by atoms with Crippen molar-refractivity contribution in [3.63, 3.8) is 0 Å². The molecule has 0 amide bonds. The SMILES string of the molecule is CC1=C[C@@H](O)[C@H]2C(C)(C)CCC[C@]2(C)[C@@]12CC[C@@](C)(CC(=O)O)O2. The quantitative estimate of drug-likeness (QED) is 0.750. The highest BCUT2D eigenvalue weighted by molar-refractivity contribution is 5.68. The van der Waals surface area contributed by atoms with Crippen molar-refractivity contribution >= 4 is 5.97 Å². The minimum Gasteiger partial charge on any atom is -0.481 e. The third-order valence-electron chi connectivity index (χ3n) is 7.32. The number of hydrogen-bond donors (Lipinski definition) is 2. The van der Waals surface area contributed by atoms with Crippen LogP contribution in [0.25, 0.3) is 0 Å². The molecular weight excluding hydrogens is 304 g/mol. The Hall–Kier alpha value is -0.870. The monoisotopic (exact) mass is 336 g/mol. The van der Waals surface area contributed by atoms with Crippen molar-refractivity contribution in [2.45, 2.75) is 90.4 Å². The molecule has 0 aromatic heterocycles. The highest BCUT2D eigenvalue weighted by atomic mass is 16.5. The number of ether oxygens (including phenoxy) is 1. The van der Waals surface area contributed by atoms with E-state index in [-0.39, 0.29) is 23.2 Å². The summed E-state index contributed by atoms with van der Waals surface area (Å²) in [6.45, 7) is 10.8. The highest BCUT2D eigenvalue weighted by Gasteiger charge is 2.66. The minimum atomic E-state index is -0.808. The van der Waals surface area contributed by atoms with E-state index >= 15 is 0 Å². The number of carboxylic acids is 1. The van der Waals surface area contributed by atoms with Gasteiger partial charge in [-0.15, -0.1) is 0 Å². The molecule has 3 aliphatic rings. The van der Waals surface area contributed by atoms with Crippen LogP contribution in [0.1, 0.15) is 73.1 Å². The van der Waals surface area contributed by atoms with E-state index in [2.05, 4.69) is 27.7 Å². The molecule has 0 bridgehead atoms. The van der Waals surface area contributed by atoms with Crippen LogP contribution in [0.5, 0.6) is 0 Å². The number of aliphatic hydroxyl groups is 1. The van der Waals surface area contributed by atoms with Gasteiger partial charge in [-0.3, -0.25) is 4.79 Å². The lowest BCUT2D eigenvalue weighted by molar-refractivity contribution is -0.209. The smallest absolute Gasteiger partial charge is 0.306 e. The van der Waals surface area contributed by atoms with Gasteiger partial charge in [-0.1, -0.05) is 33.3 Å². The Labute approximate surface area is 145 Å². The number of rotatable bonds is 2. The Kier molecular flexibility index (Phi) is 3.97. The molecule has 1 aliphatic heterocycles. The lowest BCUT2D eigenvalue weighted by atomic mass is 9.46. The highest BCUT2D eigenvalue weighted by Crippen LogP contribution is 2.66. The maximum Gasteiger partial charge on any atom is 0.306 e. The number of hydrogen-bond acceptors (Lipinski definition) is 3. The molecule has 0 aromatic carbocycles. The third-order valence-corrected chi connectivity index (χ3v) is 7.32. The molecule has 4 nitrogen and oxygen atoms in total. The van der Waals surface area contributed by atoms with Crippen molar-refractivity contribution < 1.29 is 19.7 Å². The number of fused-ring (bicyclic) bond motifs is 2. The van der Waals surface area contributed by atoms with E-state index in [0.717, 1.165) is 37.7 Å². The van der Waals surface area contributed by atoms with E-state index in [1.54, 1.807) is 0 Å². The summed E-state index contributed by atoms with van der Waals surface area (Å²) in [5.74, 6) is -0.674. The zero-order chi connectivity index (χ0) is 18.0. The third kappa shape index (κ3) is 2.37. The Morgan fingerprint density at radius 3 is 2.50 bits per heavy atom. The van der Waals surface area contributed by atoms with Gasteiger partial charge in [0.25, 0.3) is 0 Å². The summed E-state index contributed by atoms with van der Waals surface area (Å²) in [5, 5.41) is 20.1. The largest absolute Gasteiger partial charge is 0.481 e. The molecule has 0 aromatic rings. The van der Waals surface area contributed by atoms with Gasteiger partial charge in [0.2, 0.25) is 0 Å². The summed E-state index contributed by atoms with van der Waals surface area (Å²) in [4.78, 5) is 11.3. The summed E-state index contributed by atoms with van der Waals surface area (Å²) in [7, 11) is 0. The zero-order valence-corrected chi connectivity index (χ0v) is 15.7. The molecule has 1 spiro atoms. The van der Waals surface area contributed by atoms with Crippen molar-refractivity contribution in [1.82, 2.24) is 0 Å². The molecule has 136 valence electrons. The molecule has 2 fully saturated rings. The van der Waals surface area contributed by atoms with E-state index in [1.165, 1.54) is 0 Å². The zero-order valence-electron chi connectivity index (χ0n) is 15.7. The van der Waals surface area contributed by atoms with E-state index in [0.29, 0.717) is 0 Å². The van der Waals surface area contributed by atoms with Crippen molar-refractivity contribution in [3.8, 4) is 0 Å². The fourth-order valence-corrected chi connectivity index (χ4v) is 6.40. The second-order valence-corrected chi connectivity index (χ2v) is 9.53. The summed E-state index contributed by atoms with van der Waals surface area (Å²) in [6, 6.07) is 0. The van der Waals surface area contributed by atoms with Crippen LogP contribution in [0.4, 0.5) is 0 Å². The van der Waals surface area contributed by atoms with Crippen molar-refractivity contribution in [3.05, 3.63) is 11.6 Å². The van der Waals surface area contributed by atoms with Crippen LogP contribution in [-0.4, -0.2) is 33.5 Å². The molecule has 0 radical (unpaired) electrons. The van der Waals surface area contributed by atoms with Crippen molar-refractivity contribution in [2.24, 2.45) is 16.7 Å². The molecule has 1 heterocycles. The molecule has 3 rings (SSSR count). The summed E-state index contributed by atoms with van der Waals surface area (Å²) in [6.07, 6.45) is 6.41. The molecular formula is C20H32O4. The molecule has 24 heavy (non-hydrogen) atoms. The van der Waals surface area contributed by atoms with Crippen LogP contribution < -0.4 is 0 Å². The summed E-state index contributed by atoms with van der Waals surface area (Å²) < 4.78 is 6.65.